The molecular weight excluding hydrogens is 208 g/mol. The Hall–Kier alpha value is -1.06. The molecule has 1 atom stereocenters. The van der Waals surface area contributed by atoms with Crippen LogP contribution in [0.3, 0.4) is 0 Å². The number of carbonyl (C=O) groups is 2. The Morgan fingerprint density at radius 1 is 1.00 bits per heavy atom. The van der Waals surface area contributed by atoms with Crippen LogP contribution < -0.4 is 0 Å². The number of carboxylic acids is 2. The molecule has 0 amide bonds. The summed E-state index contributed by atoms with van der Waals surface area (Å²) < 4.78 is 0. The minimum Gasteiger partial charge on any atom is -0.481 e. The minimum absolute atomic E-state index is 0.188. The summed E-state index contributed by atoms with van der Waals surface area (Å²) in [6, 6.07) is 0. The van der Waals surface area contributed by atoms with Crippen molar-refractivity contribution in [2.45, 2.75) is 58.3 Å². The van der Waals surface area contributed by atoms with E-state index in [1.807, 2.05) is 0 Å². The molecule has 0 aromatic rings. The minimum atomic E-state index is -0.775. The molecule has 0 aromatic carbocycles. The third-order valence-electron chi connectivity index (χ3n) is 2.68. The third-order valence-corrected chi connectivity index (χ3v) is 2.68. The summed E-state index contributed by atoms with van der Waals surface area (Å²) in [6.07, 6.45) is 5.77. The topological polar surface area (TPSA) is 74.6 Å². The van der Waals surface area contributed by atoms with E-state index >= 15 is 0 Å². The lowest BCUT2D eigenvalue weighted by atomic mass is 9.92. The lowest BCUT2D eigenvalue weighted by molar-refractivity contribution is -0.139. The van der Waals surface area contributed by atoms with E-state index in [1.165, 1.54) is 0 Å². The van der Waals surface area contributed by atoms with Gasteiger partial charge in [-0.25, -0.2) is 0 Å². The molecule has 0 fully saturated rings. The Morgan fingerprint density at radius 2 is 1.62 bits per heavy atom. The maximum Gasteiger partial charge on any atom is 0.303 e. The van der Waals surface area contributed by atoms with E-state index in [9.17, 15) is 9.59 Å². The zero-order valence-corrected chi connectivity index (χ0v) is 9.95. The number of hydrogen-bond acceptors (Lipinski definition) is 2. The average Bonchev–Trinajstić information content (AvgIpc) is 2.19. The van der Waals surface area contributed by atoms with E-state index in [2.05, 4.69) is 6.92 Å². The normalized spacial score (nSPS) is 12.3. The third kappa shape index (κ3) is 9.49. The molecule has 0 spiro atoms. The van der Waals surface area contributed by atoms with Gasteiger partial charge in [0.1, 0.15) is 0 Å². The fraction of sp³-hybridized carbons (Fsp3) is 0.833. The van der Waals surface area contributed by atoms with E-state index in [-0.39, 0.29) is 18.8 Å². The molecule has 0 aliphatic carbocycles. The van der Waals surface area contributed by atoms with Crippen LogP contribution in [0.25, 0.3) is 0 Å². The SMILES string of the molecule is CCCCC(CCCCC(=O)O)CC(=O)O. The van der Waals surface area contributed by atoms with Crippen LogP contribution in [0.4, 0.5) is 0 Å². The maximum absolute atomic E-state index is 10.6. The lowest BCUT2D eigenvalue weighted by Crippen LogP contribution is -2.08. The van der Waals surface area contributed by atoms with E-state index in [0.717, 1.165) is 32.1 Å². The molecule has 0 rings (SSSR count). The highest BCUT2D eigenvalue weighted by atomic mass is 16.4. The van der Waals surface area contributed by atoms with E-state index < -0.39 is 11.9 Å². The molecular formula is C12H22O4. The van der Waals surface area contributed by atoms with Gasteiger partial charge in [-0.15, -0.1) is 0 Å². The van der Waals surface area contributed by atoms with Crippen LogP contribution in [-0.2, 0) is 9.59 Å². The van der Waals surface area contributed by atoms with Crippen LogP contribution in [0.1, 0.15) is 58.3 Å². The van der Waals surface area contributed by atoms with Crippen molar-refractivity contribution >= 4 is 11.9 Å². The van der Waals surface area contributed by atoms with Crippen molar-refractivity contribution in [3.63, 3.8) is 0 Å². The molecule has 0 radical (unpaired) electrons. The summed E-state index contributed by atoms with van der Waals surface area (Å²) in [6.45, 7) is 2.09. The van der Waals surface area contributed by atoms with Crippen molar-refractivity contribution in [3.8, 4) is 0 Å². The lowest BCUT2D eigenvalue weighted by Gasteiger charge is -2.13. The first-order valence-electron chi connectivity index (χ1n) is 5.99. The van der Waals surface area contributed by atoms with Gasteiger partial charge in [-0.2, -0.15) is 0 Å². The standard InChI is InChI=1S/C12H22O4/c1-2-3-6-10(9-12(15)16)7-4-5-8-11(13)14/h10H,2-9H2,1H3,(H,13,14)(H,15,16). The molecule has 0 bridgehead atoms. The Bertz CT molecular complexity index is 213. The smallest absolute Gasteiger partial charge is 0.303 e. The average molecular weight is 230 g/mol. The van der Waals surface area contributed by atoms with Crippen molar-refractivity contribution in [1.29, 1.82) is 0 Å². The molecule has 0 saturated carbocycles. The van der Waals surface area contributed by atoms with Gasteiger partial charge in [0.2, 0.25) is 0 Å². The predicted molar refractivity (Wildman–Crippen MR) is 61.4 cm³/mol. The fourth-order valence-corrected chi connectivity index (χ4v) is 1.80. The molecule has 94 valence electrons. The number of hydrogen-bond donors (Lipinski definition) is 2. The van der Waals surface area contributed by atoms with Crippen molar-refractivity contribution in [2.24, 2.45) is 5.92 Å². The molecule has 0 saturated heterocycles. The maximum atomic E-state index is 10.6. The Labute approximate surface area is 96.7 Å². The molecule has 2 N–H and O–H groups in total. The van der Waals surface area contributed by atoms with Gasteiger partial charge in [-0.3, -0.25) is 9.59 Å². The molecule has 0 aromatic heterocycles. The Balaban J connectivity index is 3.72. The second kappa shape index (κ2) is 9.19. The van der Waals surface area contributed by atoms with Gasteiger partial charge >= 0.3 is 11.9 Å². The van der Waals surface area contributed by atoms with Crippen LogP contribution in [0, 0.1) is 5.92 Å². The van der Waals surface area contributed by atoms with Crippen molar-refractivity contribution in [3.05, 3.63) is 0 Å². The predicted octanol–water partition coefficient (Wildman–Crippen LogP) is 2.91. The summed E-state index contributed by atoms with van der Waals surface area (Å²) in [5, 5.41) is 17.2. The van der Waals surface area contributed by atoms with E-state index in [4.69, 9.17) is 10.2 Å². The highest BCUT2D eigenvalue weighted by Gasteiger charge is 2.12. The fourth-order valence-electron chi connectivity index (χ4n) is 1.80. The summed E-state index contributed by atoms with van der Waals surface area (Å²) in [7, 11) is 0. The first-order chi connectivity index (χ1) is 7.56. The molecule has 0 heterocycles. The Kier molecular flexibility index (Phi) is 8.58. The number of carboxylic acid groups (broad SMARTS) is 2. The van der Waals surface area contributed by atoms with Gasteiger partial charge in [0.25, 0.3) is 0 Å². The molecule has 4 nitrogen and oxygen atoms in total. The number of aliphatic carboxylic acids is 2. The highest BCUT2D eigenvalue weighted by Crippen LogP contribution is 2.20. The molecule has 1 unspecified atom stereocenters. The number of unbranched alkanes of at least 4 members (excludes halogenated alkanes) is 2. The molecule has 4 heteroatoms. The van der Waals surface area contributed by atoms with Gasteiger partial charge in [0, 0.05) is 12.8 Å². The molecule has 0 aliphatic heterocycles. The van der Waals surface area contributed by atoms with E-state index in [0.29, 0.717) is 6.42 Å². The monoisotopic (exact) mass is 230 g/mol. The van der Waals surface area contributed by atoms with Crippen LogP contribution in [0.15, 0.2) is 0 Å². The van der Waals surface area contributed by atoms with Crippen LogP contribution >= 0.6 is 0 Å². The van der Waals surface area contributed by atoms with Crippen LogP contribution in [0.2, 0.25) is 0 Å². The summed E-state index contributed by atoms with van der Waals surface area (Å²) in [4.78, 5) is 20.9. The van der Waals surface area contributed by atoms with Crippen LogP contribution in [0.5, 0.6) is 0 Å². The Morgan fingerprint density at radius 3 is 2.12 bits per heavy atom. The zero-order chi connectivity index (χ0) is 12.4. The summed E-state index contributed by atoms with van der Waals surface area (Å²) >= 11 is 0. The van der Waals surface area contributed by atoms with Gasteiger partial charge in [0.05, 0.1) is 0 Å². The van der Waals surface area contributed by atoms with Crippen LogP contribution in [-0.4, -0.2) is 22.2 Å². The second-order valence-corrected chi connectivity index (χ2v) is 4.25. The first kappa shape index (κ1) is 14.9. The zero-order valence-electron chi connectivity index (χ0n) is 9.95. The molecule has 16 heavy (non-hydrogen) atoms. The quantitative estimate of drug-likeness (QED) is 0.566. The molecule has 0 aliphatic rings. The largest absolute Gasteiger partial charge is 0.481 e. The summed E-state index contributed by atoms with van der Waals surface area (Å²) in [5.74, 6) is -1.31. The highest BCUT2D eigenvalue weighted by molar-refractivity contribution is 5.67. The first-order valence-corrected chi connectivity index (χ1v) is 5.99. The van der Waals surface area contributed by atoms with Gasteiger partial charge in [-0.1, -0.05) is 26.2 Å². The van der Waals surface area contributed by atoms with Crippen molar-refractivity contribution in [2.75, 3.05) is 0 Å². The van der Waals surface area contributed by atoms with E-state index in [1.54, 1.807) is 0 Å². The van der Waals surface area contributed by atoms with Gasteiger partial charge in [-0.05, 0) is 25.2 Å². The second-order valence-electron chi connectivity index (χ2n) is 4.25. The van der Waals surface area contributed by atoms with Crippen molar-refractivity contribution in [1.82, 2.24) is 0 Å². The summed E-state index contributed by atoms with van der Waals surface area (Å²) in [5.41, 5.74) is 0. The van der Waals surface area contributed by atoms with Crippen molar-refractivity contribution < 1.29 is 19.8 Å². The van der Waals surface area contributed by atoms with Gasteiger partial charge in [0.15, 0.2) is 0 Å². The van der Waals surface area contributed by atoms with Gasteiger partial charge < -0.3 is 10.2 Å². The number of rotatable bonds is 10.